The van der Waals surface area contributed by atoms with Crippen LogP contribution in [0.15, 0.2) is 49.1 Å². The first-order valence-electron chi connectivity index (χ1n) is 8.67. The number of benzene rings is 2. The molecule has 1 aliphatic rings. The second kappa shape index (κ2) is 6.47. The average molecular weight is 399 g/mol. The van der Waals surface area contributed by atoms with Crippen molar-refractivity contribution in [2.24, 2.45) is 0 Å². The third kappa shape index (κ3) is 3.04. The number of hydrogen-bond donors (Lipinski definition) is 0. The molecule has 0 aliphatic carbocycles. The molecule has 0 bridgehead atoms. The summed E-state index contributed by atoms with van der Waals surface area (Å²) >= 11 is 0. The fourth-order valence-corrected chi connectivity index (χ4v) is 3.60. The second-order valence-corrected chi connectivity index (χ2v) is 7.20. The minimum Gasteiger partial charge on any atom is -0.451 e. The van der Waals surface area contributed by atoms with E-state index in [1.54, 1.807) is 32.0 Å². The molecule has 29 heavy (non-hydrogen) atoms. The van der Waals surface area contributed by atoms with Crippen molar-refractivity contribution in [1.29, 1.82) is 0 Å². The molecule has 2 heterocycles. The van der Waals surface area contributed by atoms with Crippen LogP contribution in [0.4, 0.5) is 14.5 Å². The molecular formula is C20H15F2N3O4. The van der Waals surface area contributed by atoms with Crippen molar-refractivity contribution in [2.45, 2.75) is 25.5 Å². The summed E-state index contributed by atoms with van der Waals surface area (Å²) in [5.74, 6) is -2.58. The highest BCUT2D eigenvalue weighted by Crippen LogP contribution is 2.40. The van der Waals surface area contributed by atoms with E-state index in [0.29, 0.717) is 28.8 Å². The van der Waals surface area contributed by atoms with Crippen LogP contribution in [0, 0.1) is 21.7 Å². The number of nitro benzene ring substituents is 1. The van der Waals surface area contributed by atoms with Crippen LogP contribution < -0.4 is 0 Å². The number of hydrogen-bond acceptors (Lipinski definition) is 5. The van der Waals surface area contributed by atoms with Crippen molar-refractivity contribution in [2.75, 3.05) is 0 Å². The Balaban J connectivity index is 1.93. The molecule has 1 aromatic heterocycles. The van der Waals surface area contributed by atoms with Gasteiger partial charge in [0.05, 0.1) is 40.6 Å². The maximum Gasteiger partial charge on any atom is 0.339 e. The van der Waals surface area contributed by atoms with E-state index in [9.17, 15) is 23.7 Å². The van der Waals surface area contributed by atoms with Crippen LogP contribution in [-0.2, 0) is 10.3 Å². The third-order valence-electron chi connectivity index (χ3n) is 4.95. The van der Waals surface area contributed by atoms with Gasteiger partial charge in [-0.05, 0) is 31.5 Å². The maximum absolute atomic E-state index is 14.8. The highest BCUT2D eigenvalue weighted by Gasteiger charge is 2.38. The van der Waals surface area contributed by atoms with Crippen LogP contribution in [0.5, 0.6) is 0 Å². The molecule has 1 unspecified atom stereocenters. The van der Waals surface area contributed by atoms with Crippen molar-refractivity contribution in [1.82, 2.24) is 9.55 Å². The first-order chi connectivity index (χ1) is 13.7. The number of esters is 1. The van der Waals surface area contributed by atoms with Gasteiger partial charge in [-0.2, -0.15) is 0 Å². The van der Waals surface area contributed by atoms with Gasteiger partial charge in [-0.3, -0.25) is 10.1 Å². The van der Waals surface area contributed by atoms with Crippen LogP contribution >= 0.6 is 0 Å². The summed E-state index contributed by atoms with van der Waals surface area (Å²) in [6.07, 6.45) is 4.38. The number of carbonyl (C=O) groups is 1. The SMILES string of the molecule is CC1(C)OC(=O)c2ccc(C(c3c(F)cc([N+](=O)[O-])cc3F)n3ccnc3)cc21. The van der Waals surface area contributed by atoms with E-state index >= 15 is 0 Å². The first-order valence-corrected chi connectivity index (χ1v) is 8.67. The minimum atomic E-state index is -1.05. The van der Waals surface area contributed by atoms with Crippen molar-refractivity contribution < 1.29 is 23.2 Å². The summed E-state index contributed by atoms with van der Waals surface area (Å²) in [6.45, 7) is 3.44. The number of ether oxygens (including phenoxy) is 1. The summed E-state index contributed by atoms with van der Waals surface area (Å²) in [5.41, 5.74) is -0.492. The van der Waals surface area contributed by atoms with E-state index in [2.05, 4.69) is 4.98 Å². The number of nitro groups is 1. The average Bonchev–Trinajstić information content (AvgIpc) is 3.24. The molecule has 7 nitrogen and oxygen atoms in total. The number of non-ortho nitro benzene ring substituents is 1. The van der Waals surface area contributed by atoms with Crippen molar-refractivity contribution in [3.05, 3.63) is 93.1 Å². The third-order valence-corrected chi connectivity index (χ3v) is 4.95. The molecule has 0 N–H and O–H groups in total. The number of imidazole rings is 1. The van der Waals surface area contributed by atoms with E-state index < -0.39 is 39.9 Å². The van der Waals surface area contributed by atoms with Crippen molar-refractivity contribution in [3.63, 3.8) is 0 Å². The van der Waals surface area contributed by atoms with Gasteiger partial charge >= 0.3 is 5.97 Å². The van der Waals surface area contributed by atoms with Gasteiger partial charge in [-0.1, -0.05) is 6.07 Å². The summed E-state index contributed by atoms with van der Waals surface area (Å²) < 4.78 is 36.5. The van der Waals surface area contributed by atoms with Gasteiger partial charge in [-0.25, -0.2) is 18.6 Å². The van der Waals surface area contributed by atoms with Gasteiger partial charge in [0.25, 0.3) is 5.69 Å². The Hall–Kier alpha value is -3.62. The molecule has 1 atom stereocenters. The van der Waals surface area contributed by atoms with E-state index in [4.69, 9.17) is 4.74 Å². The topological polar surface area (TPSA) is 87.3 Å². The second-order valence-electron chi connectivity index (χ2n) is 7.20. The Labute approximate surface area is 163 Å². The number of fused-ring (bicyclic) bond motifs is 1. The molecule has 0 spiro atoms. The Morgan fingerprint density at radius 3 is 2.48 bits per heavy atom. The summed E-state index contributed by atoms with van der Waals surface area (Å²) in [6, 6.07) is 5.17. The van der Waals surface area contributed by atoms with Gasteiger partial charge in [0.1, 0.15) is 17.2 Å². The predicted octanol–water partition coefficient (Wildman–Crippen LogP) is 4.11. The number of aromatic nitrogens is 2. The van der Waals surface area contributed by atoms with Crippen LogP contribution in [0.2, 0.25) is 0 Å². The summed E-state index contributed by atoms with van der Waals surface area (Å²) in [4.78, 5) is 26.1. The Morgan fingerprint density at radius 2 is 1.90 bits per heavy atom. The normalized spacial score (nSPS) is 15.7. The lowest BCUT2D eigenvalue weighted by atomic mass is 9.89. The van der Waals surface area contributed by atoms with E-state index in [1.807, 2.05) is 0 Å². The van der Waals surface area contributed by atoms with Crippen LogP contribution in [-0.4, -0.2) is 20.4 Å². The zero-order chi connectivity index (χ0) is 20.9. The monoisotopic (exact) mass is 399 g/mol. The molecule has 0 fully saturated rings. The Morgan fingerprint density at radius 1 is 1.21 bits per heavy atom. The first kappa shape index (κ1) is 18.7. The molecule has 148 valence electrons. The molecule has 9 heteroatoms. The number of cyclic esters (lactones) is 1. The molecule has 0 radical (unpaired) electrons. The zero-order valence-electron chi connectivity index (χ0n) is 15.4. The van der Waals surface area contributed by atoms with Gasteiger partial charge in [-0.15, -0.1) is 0 Å². The zero-order valence-corrected chi connectivity index (χ0v) is 15.4. The lowest BCUT2D eigenvalue weighted by Crippen LogP contribution is -2.18. The number of rotatable bonds is 4. The number of halogens is 2. The molecular weight excluding hydrogens is 384 g/mol. The fourth-order valence-electron chi connectivity index (χ4n) is 3.60. The standard InChI is InChI=1S/C20H15F2N3O4/c1-20(2)14-7-11(3-4-13(14)19(26)29-20)18(24-6-5-23-10-24)17-15(21)8-12(25(27)28)9-16(17)22/h3-10,18H,1-2H3. The lowest BCUT2D eigenvalue weighted by molar-refractivity contribution is -0.385. The van der Waals surface area contributed by atoms with Crippen LogP contribution in [0.1, 0.15) is 46.9 Å². The highest BCUT2D eigenvalue weighted by atomic mass is 19.1. The van der Waals surface area contributed by atoms with Gasteiger partial charge in [0, 0.05) is 18.0 Å². The highest BCUT2D eigenvalue weighted by molar-refractivity contribution is 5.94. The molecule has 0 saturated carbocycles. The molecule has 3 aromatic rings. The van der Waals surface area contributed by atoms with E-state index in [1.165, 1.54) is 23.3 Å². The van der Waals surface area contributed by atoms with Crippen LogP contribution in [0.3, 0.4) is 0 Å². The van der Waals surface area contributed by atoms with E-state index in [0.717, 1.165) is 0 Å². The quantitative estimate of drug-likeness (QED) is 0.374. The minimum absolute atomic E-state index is 0.364. The molecule has 1 aliphatic heterocycles. The molecule has 0 amide bonds. The summed E-state index contributed by atoms with van der Waals surface area (Å²) in [5, 5.41) is 10.9. The van der Waals surface area contributed by atoms with Crippen molar-refractivity contribution in [3.8, 4) is 0 Å². The molecule has 4 rings (SSSR count). The van der Waals surface area contributed by atoms with Gasteiger partial charge in [0.2, 0.25) is 0 Å². The molecule has 2 aromatic carbocycles. The largest absolute Gasteiger partial charge is 0.451 e. The van der Waals surface area contributed by atoms with Gasteiger partial charge < -0.3 is 9.30 Å². The smallest absolute Gasteiger partial charge is 0.339 e. The fraction of sp³-hybridized carbons (Fsp3) is 0.200. The summed E-state index contributed by atoms with van der Waals surface area (Å²) in [7, 11) is 0. The predicted molar refractivity (Wildman–Crippen MR) is 97.4 cm³/mol. The van der Waals surface area contributed by atoms with E-state index in [-0.39, 0.29) is 5.56 Å². The van der Waals surface area contributed by atoms with Crippen LogP contribution in [0.25, 0.3) is 0 Å². The maximum atomic E-state index is 14.8. The number of nitrogens with zero attached hydrogens (tertiary/aromatic N) is 3. The molecule has 0 saturated heterocycles. The number of carbonyl (C=O) groups excluding carboxylic acids is 1. The van der Waals surface area contributed by atoms with Crippen molar-refractivity contribution >= 4 is 11.7 Å². The Bertz CT molecular complexity index is 1120. The Kier molecular flexibility index (Phi) is 4.18. The van der Waals surface area contributed by atoms with Gasteiger partial charge in [0.15, 0.2) is 0 Å². The lowest BCUT2D eigenvalue weighted by Gasteiger charge is -2.23.